The number of alkyl carbamates (subject to hydrolysis) is 1. The maximum Gasteiger partial charge on any atom is 0.407 e. The zero-order valence-corrected chi connectivity index (χ0v) is 14.8. The van der Waals surface area contributed by atoms with Gasteiger partial charge in [0.25, 0.3) is 0 Å². The first-order chi connectivity index (χ1) is 10.6. The molecule has 23 heavy (non-hydrogen) atoms. The fraction of sp³-hybridized carbons (Fsp3) is 0.562. The molecular formula is C16H24N2O4S. The fourth-order valence-corrected chi connectivity index (χ4v) is 3.51. The summed E-state index contributed by atoms with van der Waals surface area (Å²) in [6, 6.07) is 6.88. The van der Waals surface area contributed by atoms with Gasteiger partial charge in [0.15, 0.2) is 9.84 Å². The molecule has 1 aliphatic rings. The number of ether oxygens (including phenoxy) is 1. The molecule has 1 aromatic carbocycles. The molecule has 0 aliphatic carbocycles. The third-order valence-corrected chi connectivity index (χ3v) is 4.66. The summed E-state index contributed by atoms with van der Waals surface area (Å²) >= 11 is 0. The predicted octanol–water partition coefficient (Wildman–Crippen LogP) is 2.19. The number of anilines is 1. The van der Waals surface area contributed by atoms with E-state index in [1.165, 1.54) is 6.26 Å². The molecule has 1 aliphatic heterocycles. The number of hydrogen-bond acceptors (Lipinski definition) is 5. The van der Waals surface area contributed by atoms with Crippen LogP contribution in [0.3, 0.4) is 0 Å². The van der Waals surface area contributed by atoms with Crippen molar-refractivity contribution in [3.05, 3.63) is 24.3 Å². The van der Waals surface area contributed by atoms with Crippen molar-refractivity contribution in [3.8, 4) is 0 Å². The Kier molecular flexibility index (Phi) is 4.89. The zero-order chi connectivity index (χ0) is 17.3. The molecule has 1 N–H and O–H groups in total. The summed E-state index contributed by atoms with van der Waals surface area (Å²) in [6.07, 6.45) is 1.51. The van der Waals surface area contributed by atoms with Gasteiger partial charge >= 0.3 is 6.09 Å². The Labute approximate surface area is 137 Å². The highest BCUT2D eigenvalue weighted by molar-refractivity contribution is 7.90. The van der Waals surface area contributed by atoms with E-state index in [-0.39, 0.29) is 6.04 Å². The number of carbonyl (C=O) groups is 1. The molecule has 0 aromatic heterocycles. The van der Waals surface area contributed by atoms with Gasteiger partial charge in [-0.05, 0) is 39.3 Å². The number of hydrogen-bond donors (Lipinski definition) is 1. The maximum absolute atomic E-state index is 11.9. The van der Waals surface area contributed by atoms with Crippen molar-refractivity contribution >= 4 is 21.6 Å². The predicted molar refractivity (Wildman–Crippen MR) is 89.5 cm³/mol. The van der Waals surface area contributed by atoms with Crippen LogP contribution in [0.5, 0.6) is 0 Å². The average molecular weight is 340 g/mol. The standard InChI is InChI=1S/C16H24N2O4S/c1-16(2,3)22-15(19)17-12-9-10-18(11-12)13-7-5-6-8-14(13)23(4,20)21/h5-8,12H,9-11H2,1-4H3,(H,17,19)/t12-/m0/s1. The minimum atomic E-state index is -3.29. The third kappa shape index (κ3) is 4.86. The molecule has 6 nitrogen and oxygen atoms in total. The molecule has 2 rings (SSSR count). The van der Waals surface area contributed by atoms with Crippen LogP contribution in [0, 0.1) is 0 Å². The molecule has 0 saturated carbocycles. The summed E-state index contributed by atoms with van der Waals surface area (Å²) in [6.45, 7) is 6.69. The van der Waals surface area contributed by atoms with Gasteiger partial charge in [-0.1, -0.05) is 12.1 Å². The number of carbonyl (C=O) groups excluding carboxylic acids is 1. The van der Waals surface area contributed by atoms with Crippen LogP contribution in [0.25, 0.3) is 0 Å². The summed E-state index contributed by atoms with van der Waals surface area (Å²) in [5.74, 6) is 0. The molecule has 7 heteroatoms. The van der Waals surface area contributed by atoms with Gasteiger partial charge < -0.3 is 15.0 Å². The lowest BCUT2D eigenvalue weighted by molar-refractivity contribution is 0.0509. The number of nitrogens with one attached hydrogen (secondary N) is 1. The van der Waals surface area contributed by atoms with E-state index in [4.69, 9.17) is 4.74 Å². The molecule has 128 valence electrons. The van der Waals surface area contributed by atoms with Crippen molar-refractivity contribution < 1.29 is 17.9 Å². The van der Waals surface area contributed by atoms with E-state index in [0.29, 0.717) is 23.7 Å². The molecule has 1 fully saturated rings. The van der Waals surface area contributed by atoms with Crippen molar-refractivity contribution in [2.75, 3.05) is 24.2 Å². The summed E-state index contributed by atoms with van der Waals surface area (Å²) in [5, 5.41) is 2.84. The minimum Gasteiger partial charge on any atom is -0.444 e. The van der Waals surface area contributed by atoms with Crippen LogP contribution >= 0.6 is 0 Å². The summed E-state index contributed by atoms with van der Waals surface area (Å²) in [5.41, 5.74) is 0.147. The van der Waals surface area contributed by atoms with E-state index in [9.17, 15) is 13.2 Å². The van der Waals surface area contributed by atoms with Crippen LogP contribution in [0.1, 0.15) is 27.2 Å². The van der Waals surface area contributed by atoms with E-state index in [1.807, 2.05) is 31.7 Å². The summed E-state index contributed by atoms with van der Waals surface area (Å²) in [7, 11) is -3.29. The second kappa shape index (κ2) is 6.39. The summed E-state index contributed by atoms with van der Waals surface area (Å²) in [4.78, 5) is 14.1. The van der Waals surface area contributed by atoms with Gasteiger partial charge in [-0.3, -0.25) is 0 Å². The second-order valence-electron chi connectivity index (χ2n) is 6.82. The van der Waals surface area contributed by atoms with Crippen molar-refractivity contribution in [3.63, 3.8) is 0 Å². The molecule has 0 spiro atoms. The lowest BCUT2D eigenvalue weighted by atomic mass is 10.2. The van der Waals surface area contributed by atoms with Gasteiger partial charge in [-0.25, -0.2) is 13.2 Å². The Morgan fingerprint density at radius 2 is 1.96 bits per heavy atom. The lowest BCUT2D eigenvalue weighted by Crippen LogP contribution is -2.40. The Balaban J connectivity index is 2.05. The molecule has 1 aromatic rings. The number of para-hydroxylation sites is 1. The highest BCUT2D eigenvalue weighted by Gasteiger charge is 2.28. The lowest BCUT2D eigenvalue weighted by Gasteiger charge is -2.23. The fourth-order valence-electron chi connectivity index (χ4n) is 2.60. The van der Waals surface area contributed by atoms with Crippen LogP contribution in [-0.2, 0) is 14.6 Å². The normalized spacial score (nSPS) is 18.8. The second-order valence-corrected chi connectivity index (χ2v) is 8.80. The summed E-state index contributed by atoms with van der Waals surface area (Å²) < 4.78 is 29.1. The Bertz CT molecular complexity index is 680. The first kappa shape index (κ1) is 17.6. The highest BCUT2D eigenvalue weighted by Crippen LogP contribution is 2.28. The monoisotopic (exact) mass is 340 g/mol. The SMILES string of the molecule is CC(C)(C)OC(=O)N[C@H]1CCN(c2ccccc2S(C)(=O)=O)C1. The number of sulfone groups is 1. The first-order valence-electron chi connectivity index (χ1n) is 7.60. The van der Waals surface area contributed by atoms with Crippen LogP contribution in [0.4, 0.5) is 10.5 Å². The molecule has 1 atom stereocenters. The topological polar surface area (TPSA) is 75.7 Å². The van der Waals surface area contributed by atoms with Crippen LogP contribution in [0.2, 0.25) is 0 Å². The van der Waals surface area contributed by atoms with Crippen LogP contribution in [0.15, 0.2) is 29.2 Å². The van der Waals surface area contributed by atoms with Gasteiger partial charge in [0.05, 0.1) is 16.6 Å². The zero-order valence-electron chi connectivity index (χ0n) is 14.0. The molecule has 0 bridgehead atoms. The van der Waals surface area contributed by atoms with Crippen molar-refractivity contribution in [1.29, 1.82) is 0 Å². The van der Waals surface area contributed by atoms with Crippen LogP contribution in [-0.4, -0.2) is 45.5 Å². The average Bonchev–Trinajstić information content (AvgIpc) is 2.83. The minimum absolute atomic E-state index is 0.0579. The number of nitrogens with zero attached hydrogens (tertiary/aromatic N) is 1. The molecule has 1 heterocycles. The van der Waals surface area contributed by atoms with E-state index in [1.54, 1.807) is 18.2 Å². The quantitative estimate of drug-likeness (QED) is 0.913. The first-order valence-corrected chi connectivity index (χ1v) is 9.49. The molecule has 1 saturated heterocycles. The molecule has 0 radical (unpaired) electrons. The largest absolute Gasteiger partial charge is 0.444 e. The maximum atomic E-state index is 11.9. The van der Waals surface area contributed by atoms with E-state index in [2.05, 4.69) is 5.32 Å². The van der Waals surface area contributed by atoms with Gasteiger partial charge in [0.2, 0.25) is 0 Å². The van der Waals surface area contributed by atoms with Crippen LogP contribution < -0.4 is 10.2 Å². The van der Waals surface area contributed by atoms with Crippen molar-refractivity contribution in [1.82, 2.24) is 5.32 Å². The number of amides is 1. The van der Waals surface area contributed by atoms with Crippen molar-refractivity contribution in [2.45, 2.75) is 43.7 Å². The van der Waals surface area contributed by atoms with Gasteiger partial charge in [-0.2, -0.15) is 0 Å². The number of benzene rings is 1. The van der Waals surface area contributed by atoms with Gasteiger partial charge in [0.1, 0.15) is 5.60 Å². The molecular weight excluding hydrogens is 316 g/mol. The molecule has 0 unspecified atom stereocenters. The van der Waals surface area contributed by atoms with Gasteiger partial charge in [0, 0.05) is 19.3 Å². The van der Waals surface area contributed by atoms with E-state index in [0.717, 1.165) is 6.42 Å². The smallest absolute Gasteiger partial charge is 0.407 e. The Morgan fingerprint density at radius 1 is 1.30 bits per heavy atom. The third-order valence-electron chi connectivity index (χ3n) is 3.51. The van der Waals surface area contributed by atoms with Gasteiger partial charge in [-0.15, -0.1) is 0 Å². The highest BCUT2D eigenvalue weighted by atomic mass is 32.2. The number of rotatable bonds is 3. The van der Waals surface area contributed by atoms with Crippen molar-refractivity contribution in [2.24, 2.45) is 0 Å². The van der Waals surface area contributed by atoms with E-state index < -0.39 is 21.5 Å². The Hall–Kier alpha value is -1.76. The van der Waals surface area contributed by atoms with E-state index >= 15 is 0 Å². The molecule has 1 amide bonds. The Morgan fingerprint density at radius 3 is 2.57 bits per heavy atom.